The molecule has 0 radical (unpaired) electrons. The fourth-order valence-electron chi connectivity index (χ4n) is 5.50. The maximum absolute atomic E-state index is 15.5. The molecule has 1 N–H and O–H groups in total. The second-order valence-corrected chi connectivity index (χ2v) is 10.1. The molecule has 0 amide bonds. The van der Waals surface area contributed by atoms with Crippen LogP contribution in [0.1, 0.15) is 54.1 Å². The molecule has 2 aromatic carbocycles. The van der Waals surface area contributed by atoms with E-state index in [1.165, 1.54) is 11.1 Å². The van der Waals surface area contributed by atoms with Gasteiger partial charge in [0.2, 0.25) is 0 Å². The fraction of sp³-hybridized carbons (Fsp3) is 0.419. The van der Waals surface area contributed by atoms with Crippen molar-refractivity contribution in [2.45, 2.75) is 45.7 Å². The van der Waals surface area contributed by atoms with Crippen molar-refractivity contribution < 1.29 is 19.0 Å². The Morgan fingerprint density at radius 2 is 1.97 bits per heavy atom. The number of ether oxygens (including phenoxy) is 1. The van der Waals surface area contributed by atoms with Crippen LogP contribution >= 0.6 is 0 Å². The Labute approximate surface area is 218 Å². The van der Waals surface area contributed by atoms with Crippen molar-refractivity contribution in [2.75, 3.05) is 26.7 Å². The number of pyridine rings is 1. The summed E-state index contributed by atoms with van der Waals surface area (Å²) in [4.78, 5) is 18.2. The van der Waals surface area contributed by atoms with Gasteiger partial charge >= 0.3 is 5.97 Å². The van der Waals surface area contributed by atoms with Gasteiger partial charge in [-0.15, -0.1) is 0 Å². The number of carbonyl (C=O) groups is 1. The highest BCUT2D eigenvalue weighted by molar-refractivity contribution is 5.83. The molecule has 0 spiro atoms. The van der Waals surface area contributed by atoms with Gasteiger partial charge < -0.3 is 9.84 Å². The summed E-state index contributed by atoms with van der Waals surface area (Å²) >= 11 is 0. The second kappa shape index (κ2) is 12.2. The molecular formula is C31H35FN2O3. The molecule has 0 bridgehead atoms. The number of benzene rings is 2. The Kier molecular flexibility index (Phi) is 8.78. The van der Waals surface area contributed by atoms with E-state index in [9.17, 15) is 9.90 Å². The molecule has 0 saturated carbocycles. The van der Waals surface area contributed by atoms with Crippen LogP contribution in [0.3, 0.4) is 0 Å². The molecule has 3 atom stereocenters. The van der Waals surface area contributed by atoms with Crippen molar-refractivity contribution in [3.8, 4) is 17.6 Å². The zero-order chi connectivity index (χ0) is 26.4. The third kappa shape index (κ3) is 7.08. The van der Waals surface area contributed by atoms with Crippen LogP contribution in [0.2, 0.25) is 0 Å². The first-order valence-electron chi connectivity index (χ1n) is 12.9. The number of halogens is 1. The molecule has 2 heterocycles. The number of hydrogen-bond acceptors (Lipinski definition) is 4. The monoisotopic (exact) mass is 502 g/mol. The van der Waals surface area contributed by atoms with Crippen LogP contribution in [0.25, 0.3) is 10.9 Å². The summed E-state index contributed by atoms with van der Waals surface area (Å²) in [6.45, 7) is 6.25. The van der Waals surface area contributed by atoms with E-state index in [0.29, 0.717) is 37.2 Å². The number of alkyl halides is 1. The van der Waals surface area contributed by atoms with Gasteiger partial charge in [0.1, 0.15) is 11.9 Å². The van der Waals surface area contributed by atoms with Gasteiger partial charge in [0.25, 0.3) is 0 Å². The van der Waals surface area contributed by atoms with Crippen LogP contribution in [-0.4, -0.2) is 47.7 Å². The predicted molar refractivity (Wildman–Crippen MR) is 144 cm³/mol. The van der Waals surface area contributed by atoms with Crippen molar-refractivity contribution in [2.24, 2.45) is 11.8 Å². The number of likely N-dealkylation sites (tertiary alicyclic amines) is 1. The number of piperidine rings is 1. The first-order chi connectivity index (χ1) is 17.8. The number of aromatic nitrogens is 1. The van der Waals surface area contributed by atoms with Gasteiger partial charge in [0, 0.05) is 30.1 Å². The molecule has 1 aromatic heterocycles. The molecular weight excluding hydrogens is 467 g/mol. The van der Waals surface area contributed by atoms with Gasteiger partial charge in [-0.2, -0.15) is 0 Å². The average Bonchev–Trinajstić information content (AvgIpc) is 2.86. The zero-order valence-corrected chi connectivity index (χ0v) is 21.8. The molecule has 3 aromatic rings. The lowest BCUT2D eigenvalue weighted by Crippen LogP contribution is -2.41. The number of nitrogens with zero attached hydrogens (tertiary/aromatic N) is 2. The third-order valence-corrected chi connectivity index (χ3v) is 7.28. The van der Waals surface area contributed by atoms with E-state index in [1.54, 1.807) is 19.4 Å². The Morgan fingerprint density at radius 1 is 1.19 bits per heavy atom. The number of carboxylic acids is 1. The summed E-state index contributed by atoms with van der Waals surface area (Å²) < 4.78 is 20.8. The number of aliphatic carboxylic acids is 1. The molecule has 1 fully saturated rings. The van der Waals surface area contributed by atoms with Gasteiger partial charge in [-0.25, -0.2) is 4.39 Å². The molecule has 1 aliphatic heterocycles. The lowest BCUT2D eigenvalue weighted by Gasteiger charge is -2.37. The molecule has 0 unspecified atom stereocenters. The third-order valence-electron chi connectivity index (χ3n) is 7.28. The van der Waals surface area contributed by atoms with E-state index in [2.05, 4.69) is 53.8 Å². The number of rotatable bonds is 8. The van der Waals surface area contributed by atoms with Gasteiger partial charge in [0.05, 0.1) is 19.2 Å². The van der Waals surface area contributed by atoms with E-state index in [4.69, 9.17) is 4.74 Å². The van der Waals surface area contributed by atoms with Crippen molar-refractivity contribution in [1.82, 2.24) is 9.88 Å². The number of fused-ring (bicyclic) bond motifs is 1. The van der Waals surface area contributed by atoms with Crippen LogP contribution in [0.15, 0.2) is 48.7 Å². The van der Waals surface area contributed by atoms with Crippen LogP contribution in [0.4, 0.5) is 4.39 Å². The summed E-state index contributed by atoms with van der Waals surface area (Å²) in [5, 5.41) is 10.3. The van der Waals surface area contributed by atoms with Gasteiger partial charge in [-0.1, -0.05) is 17.9 Å². The van der Waals surface area contributed by atoms with Crippen LogP contribution < -0.4 is 4.74 Å². The van der Waals surface area contributed by atoms with Crippen LogP contribution in [0, 0.1) is 37.5 Å². The number of hydrogen-bond donors (Lipinski definition) is 1. The van der Waals surface area contributed by atoms with Crippen molar-refractivity contribution in [3.05, 3.63) is 70.9 Å². The normalized spacial score (nSPS) is 18.7. The van der Waals surface area contributed by atoms with Crippen molar-refractivity contribution in [3.63, 3.8) is 0 Å². The second-order valence-electron chi connectivity index (χ2n) is 10.1. The first-order valence-corrected chi connectivity index (χ1v) is 12.9. The highest BCUT2D eigenvalue weighted by Gasteiger charge is 2.31. The maximum Gasteiger partial charge on any atom is 0.303 e. The van der Waals surface area contributed by atoms with Crippen LogP contribution in [-0.2, 0) is 4.79 Å². The average molecular weight is 503 g/mol. The largest absolute Gasteiger partial charge is 0.497 e. The summed E-state index contributed by atoms with van der Waals surface area (Å²) in [6.07, 6.45) is 2.43. The van der Waals surface area contributed by atoms with Gasteiger partial charge in [0.15, 0.2) is 0 Å². The molecule has 1 aliphatic rings. The lowest BCUT2D eigenvalue weighted by atomic mass is 9.79. The molecule has 0 aliphatic carbocycles. The molecule has 4 rings (SSSR count). The molecule has 6 heteroatoms. The van der Waals surface area contributed by atoms with E-state index >= 15 is 4.39 Å². The SMILES string of the molecule is COc1ccc2nccc([C@@H](F)CC[C@@H]3CCN(CC#Cc4cc(C)cc(C)c4)C[C@@H]3CC(=O)O)c2c1. The topological polar surface area (TPSA) is 62.7 Å². The minimum atomic E-state index is -1.15. The molecule has 5 nitrogen and oxygen atoms in total. The standard InChI is InChI=1S/C31H35FN2O3/c1-21-15-22(2)17-23(16-21)5-4-13-34-14-11-24(25(20-34)18-31(35)36)6-8-29(32)27-10-12-33-30-9-7-26(37-3)19-28(27)30/h7,9-10,12,15-17,19,24-25,29H,6,8,11,13-14,18,20H2,1-3H3,(H,35,36)/t24-,25+,29+/m1/s1. The Hall–Kier alpha value is -3.43. The summed E-state index contributed by atoms with van der Waals surface area (Å²) in [6, 6.07) is 13.5. The van der Waals surface area contributed by atoms with E-state index in [1.807, 2.05) is 18.2 Å². The Morgan fingerprint density at radius 3 is 2.70 bits per heavy atom. The van der Waals surface area contributed by atoms with Gasteiger partial charge in [-0.05, 0) is 105 Å². The number of carboxylic acid groups (broad SMARTS) is 1. The molecule has 194 valence electrons. The van der Waals surface area contributed by atoms with E-state index in [0.717, 1.165) is 29.4 Å². The minimum Gasteiger partial charge on any atom is -0.497 e. The summed E-state index contributed by atoms with van der Waals surface area (Å²) in [5.41, 5.74) is 4.73. The number of aryl methyl sites for hydroxylation is 2. The van der Waals surface area contributed by atoms with Gasteiger partial charge in [-0.3, -0.25) is 14.7 Å². The van der Waals surface area contributed by atoms with Crippen LogP contribution in [0.5, 0.6) is 5.75 Å². The highest BCUT2D eigenvalue weighted by atomic mass is 19.1. The number of methoxy groups -OCH3 is 1. The van der Waals surface area contributed by atoms with Crippen molar-refractivity contribution in [1.29, 1.82) is 0 Å². The maximum atomic E-state index is 15.5. The predicted octanol–water partition coefficient (Wildman–Crippen LogP) is 6.12. The van der Waals surface area contributed by atoms with E-state index < -0.39 is 12.1 Å². The Balaban J connectivity index is 1.39. The zero-order valence-electron chi connectivity index (χ0n) is 21.8. The minimum absolute atomic E-state index is 0.0178. The fourth-order valence-corrected chi connectivity index (χ4v) is 5.50. The smallest absolute Gasteiger partial charge is 0.303 e. The van der Waals surface area contributed by atoms with E-state index in [-0.39, 0.29) is 18.3 Å². The Bertz CT molecular complexity index is 1290. The van der Waals surface area contributed by atoms with Crippen molar-refractivity contribution >= 4 is 16.9 Å². The highest BCUT2D eigenvalue weighted by Crippen LogP contribution is 2.36. The summed E-state index contributed by atoms with van der Waals surface area (Å²) in [7, 11) is 1.59. The first kappa shape index (κ1) is 26.6. The molecule has 1 saturated heterocycles. The summed E-state index contributed by atoms with van der Waals surface area (Å²) in [5.74, 6) is 6.53. The quantitative estimate of drug-likeness (QED) is 0.376. The molecule has 37 heavy (non-hydrogen) atoms. The lowest BCUT2D eigenvalue weighted by molar-refractivity contribution is -0.139.